The Morgan fingerprint density at radius 3 is 2.80 bits per heavy atom. The minimum absolute atomic E-state index is 0.156. The molecule has 1 unspecified atom stereocenters. The van der Waals surface area contributed by atoms with Crippen LogP contribution in [0.5, 0.6) is 0 Å². The van der Waals surface area contributed by atoms with Crippen molar-refractivity contribution in [3.8, 4) is 0 Å². The highest BCUT2D eigenvalue weighted by Gasteiger charge is 2.33. The third-order valence-electron chi connectivity index (χ3n) is 3.25. The van der Waals surface area contributed by atoms with E-state index >= 15 is 0 Å². The first-order chi connectivity index (χ1) is 9.44. The Hall–Kier alpha value is -1.49. The Labute approximate surface area is 120 Å². The standard InChI is InChI=1S/C15H25N3O2/c1-15(2,3)20-14(19)18-13(12-4-5-12)10-17-9-11-6-7-16-8-11/h6-8,12-13,16-17H,4-5,9-10H2,1-3H3,(H,18,19). The van der Waals surface area contributed by atoms with E-state index in [1.807, 2.05) is 39.2 Å². The fourth-order valence-electron chi connectivity index (χ4n) is 2.13. The molecule has 0 aliphatic heterocycles. The maximum Gasteiger partial charge on any atom is 0.407 e. The largest absolute Gasteiger partial charge is 0.444 e. The van der Waals surface area contributed by atoms with Gasteiger partial charge < -0.3 is 20.4 Å². The van der Waals surface area contributed by atoms with Crippen molar-refractivity contribution in [3.05, 3.63) is 24.0 Å². The van der Waals surface area contributed by atoms with Crippen LogP contribution in [-0.4, -0.2) is 29.3 Å². The number of alkyl carbamates (subject to hydrolysis) is 1. The number of H-pyrrole nitrogens is 1. The van der Waals surface area contributed by atoms with E-state index in [1.165, 1.54) is 18.4 Å². The van der Waals surface area contributed by atoms with Crippen LogP contribution < -0.4 is 10.6 Å². The molecule has 1 saturated carbocycles. The Balaban J connectivity index is 1.74. The van der Waals surface area contributed by atoms with Crippen LogP contribution in [-0.2, 0) is 11.3 Å². The summed E-state index contributed by atoms with van der Waals surface area (Å²) in [7, 11) is 0. The molecule has 0 radical (unpaired) electrons. The summed E-state index contributed by atoms with van der Waals surface area (Å²) in [5.74, 6) is 0.584. The molecule has 0 spiro atoms. The molecular formula is C15H25N3O2. The number of amides is 1. The van der Waals surface area contributed by atoms with Gasteiger partial charge in [0, 0.05) is 31.5 Å². The molecule has 5 heteroatoms. The fourth-order valence-corrected chi connectivity index (χ4v) is 2.13. The summed E-state index contributed by atoms with van der Waals surface area (Å²) in [5.41, 5.74) is 0.772. The summed E-state index contributed by atoms with van der Waals surface area (Å²) in [6, 6.07) is 2.20. The number of nitrogens with one attached hydrogen (secondary N) is 3. The number of aromatic amines is 1. The molecule has 2 rings (SSSR count). The molecule has 112 valence electrons. The topological polar surface area (TPSA) is 66.2 Å². The highest BCUT2D eigenvalue weighted by Crippen LogP contribution is 2.32. The summed E-state index contributed by atoms with van der Waals surface area (Å²) in [6.45, 7) is 7.21. The maximum absolute atomic E-state index is 11.8. The van der Waals surface area contributed by atoms with Crippen LogP contribution >= 0.6 is 0 Å². The molecule has 1 amide bonds. The number of aromatic nitrogens is 1. The van der Waals surface area contributed by atoms with E-state index < -0.39 is 5.60 Å². The van der Waals surface area contributed by atoms with Gasteiger partial charge in [0.05, 0.1) is 0 Å². The first-order valence-electron chi connectivity index (χ1n) is 7.26. The molecule has 1 fully saturated rings. The Kier molecular flexibility index (Phi) is 4.70. The van der Waals surface area contributed by atoms with Crippen molar-refractivity contribution in [2.24, 2.45) is 5.92 Å². The van der Waals surface area contributed by atoms with Gasteiger partial charge in [-0.05, 0) is 51.2 Å². The molecular weight excluding hydrogens is 254 g/mol. The van der Waals surface area contributed by atoms with Crippen molar-refractivity contribution in [3.63, 3.8) is 0 Å². The summed E-state index contributed by atoms with van der Waals surface area (Å²) in [5, 5.41) is 6.37. The number of hydrogen-bond donors (Lipinski definition) is 3. The van der Waals surface area contributed by atoms with Gasteiger partial charge in [-0.25, -0.2) is 4.79 Å². The van der Waals surface area contributed by atoms with Crippen molar-refractivity contribution in [2.45, 2.75) is 51.8 Å². The molecule has 1 aliphatic rings. The van der Waals surface area contributed by atoms with Gasteiger partial charge in [0.15, 0.2) is 0 Å². The van der Waals surface area contributed by atoms with Crippen molar-refractivity contribution in [1.29, 1.82) is 0 Å². The Morgan fingerprint density at radius 1 is 1.50 bits per heavy atom. The van der Waals surface area contributed by atoms with Gasteiger partial charge in [-0.3, -0.25) is 0 Å². The molecule has 1 aromatic heterocycles. The van der Waals surface area contributed by atoms with E-state index in [4.69, 9.17) is 4.74 Å². The maximum atomic E-state index is 11.8. The predicted molar refractivity (Wildman–Crippen MR) is 78.4 cm³/mol. The monoisotopic (exact) mass is 279 g/mol. The SMILES string of the molecule is CC(C)(C)OC(=O)NC(CNCc1cc[nH]c1)C1CC1. The molecule has 20 heavy (non-hydrogen) atoms. The van der Waals surface area contributed by atoms with Gasteiger partial charge >= 0.3 is 6.09 Å². The van der Waals surface area contributed by atoms with Gasteiger partial charge in [-0.15, -0.1) is 0 Å². The quantitative estimate of drug-likeness (QED) is 0.749. The zero-order chi connectivity index (χ0) is 14.6. The molecule has 1 aromatic rings. The summed E-state index contributed by atoms with van der Waals surface area (Å²) in [6.07, 6.45) is 5.94. The number of rotatable bonds is 6. The number of carbonyl (C=O) groups excluding carboxylic acids is 1. The second-order valence-corrected chi connectivity index (χ2v) is 6.44. The molecule has 1 aliphatic carbocycles. The highest BCUT2D eigenvalue weighted by atomic mass is 16.6. The van der Waals surface area contributed by atoms with Crippen molar-refractivity contribution < 1.29 is 9.53 Å². The molecule has 0 bridgehead atoms. The van der Waals surface area contributed by atoms with Crippen LogP contribution in [0.25, 0.3) is 0 Å². The van der Waals surface area contributed by atoms with Gasteiger partial charge in [-0.2, -0.15) is 0 Å². The molecule has 0 saturated heterocycles. The van der Waals surface area contributed by atoms with Crippen molar-refractivity contribution in [2.75, 3.05) is 6.54 Å². The highest BCUT2D eigenvalue weighted by molar-refractivity contribution is 5.68. The van der Waals surface area contributed by atoms with Gasteiger partial charge in [0.2, 0.25) is 0 Å². The van der Waals surface area contributed by atoms with Crippen LogP contribution in [0.1, 0.15) is 39.2 Å². The minimum Gasteiger partial charge on any atom is -0.444 e. The zero-order valence-corrected chi connectivity index (χ0v) is 12.5. The van der Waals surface area contributed by atoms with Crippen LogP contribution in [0, 0.1) is 5.92 Å². The lowest BCUT2D eigenvalue weighted by Crippen LogP contribution is -2.45. The Morgan fingerprint density at radius 2 is 2.25 bits per heavy atom. The molecule has 5 nitrogen and oxygen atoms in total. The van der Waals surface area contributed by atoms with Gasteiger partial charge in [-0.1, -0.05) is 0 Å². The number of hydrogen-bond acceptors (Lipinski definition) is 3. The van der Waals surface area contributed by atoms with E-state index in [0.29, 0.717) is 5.92 Å². The molecule has 3 N–H and O–H groups in total. The average molecular weight is 279 g/mol. The molecule has 1 heterocycles. The van der Waals surface area contributed by atoms with Gasteiger partial charge in [0.25, 0.3) is 0 Å². The van der Waals surface area contributed by atoms with Crippen LogP contribution in [0.4, 0.5) is 4.79 Å². The van der Waals surface area contributed by atoms with Crippen molar-refractivity contribution >= 4 is 6.09 Å². The van der Waals surface area contributed by atoms with E-state index in [1.54, 1.807) is 0 Å². The zero-order valence-electron chi connectivity index (χ0n) is 12.5. The smallest absolute Gasteiger partial charge is 0.407 e. The van der Waals surface area contributed by atoms with E-state index in [2.05, 4.69) is 15.6 Å². The summed E-state index contributed by atoms with van der Waals surface area (Å²) >= 11 is 0. The summed E-state index contributed by atoms with van der Waals surface area (Å²) in [4.78, 5) is 14.9. The number of ether oxygens (including phenoxy) is 1. The lowest BCUT2D eigenvalue weighted by atomic mass is 10.2. The van der Waals surface area contributed by atoms with E-state index in [-0.39, 0.29) is 12.1 Å². The summed E-state index contributed by atoms with van der Waals surface area (Å²) < 4.78 is 5.32. The van der Waals surface area contributed by atoms with Crippen molar-refractivity contribution in [1.82, 2.24) is 15.6 Å². The minimum atomic E-state index is -0.448. The second kappa shape index (κ2) is 6.31. The lowest BCUT2D eigenvalue weighted by Gasteiger charge is -2.23. The predicted octanol–water partition coefficient (Wildman–Crippen LogP) is 2.41. The normalized spacial score (nSPS) is 16.8. The number of carbonyl (C=O) groups is 1. The van der Waals surface area contributed by atoms with E-state index in [0.717, 1.165) is 13.1 Å². The molecule has 1 atom stereocenters. The van der Waals surface area contributed by atoms with E-state index in [9.17, 15) is 4.79 Å². The third-order valence-corrected chi connectivity index (χ3v) is 3.25. The lowest BCUT2D eigenvalue weighted by molar-refractivity contribution is 0.0497. The molecule has 0 aromatic carbocycles. The van der Waals surface area contributed by atoms with Crippen LogP contribution in [0.15, 0.2) is 18.5 Å². The van der Waals surface area contributed by atoms with Crippen LogP contribution in [0.3, 0.4) is 0 Å². The first-order valence-corrected chi connectivity index (χ1v) is 7.26. The van der Waals surface area contributed by atoms with Gasteiger partial charge in [0.1, 0.15) is 5.60 Å². The fraction of sp³-hybridized carbons (Fsp3) is 0.667. The first kappa shape index (κ1) is 14.9. The average Bonchev–Trinajstić information content (AvgIpc) is 3.04. The Bertz CT molecular complexity index is 419. The third kappa shape index (κ3) is 5.25. The van der Waals surface area contributed by atoms with Crippen LogP contribution in [0.2, 0.25) is 0 Å². The second-order valence-electron chi connectivity index (χ2n) is 6.44.